The van der Waals surface area contributed by atoms with Crippen LogP contribution in [0.4, 0.5) is 4.39 Å². The Morgan fingerprint density at radius 2 is 1.87 bits per heavy atom. The van der Waals surface area contributed by atoms with Gasteiger partial charge < -0.3 is 9.31 Å². The van der Waals surface area contributed by atoms with Crippen LogP contribution in [0.15, 0.2) is 30.6 Å². The van der Waals surface area contributed by atoms with Crippen molar-refractivity contribution in [3.05, 3.63) is 47.0 Å². The lowest BCUT2D eigenvalue weighted by Crippen LogP contribution is -2.41. The average Bonchev–Trinajstić information content (AvgIpc) is 2.97. The molecule has 0 unspecified atom stereocenters. The summed E-state index contributed by atoms with van der Waals surface area (Å²) in [6, 6.07) is 4.64. The summed E-state index contributed by atoms with van der Waals surface area (Å²) in [7, 11) is -0.482. The number of benzene rings is 1. The quantitative estimate of drug-likeness (QED) is 0.808. The van der Waals surface area contributed by atoms with Gasteiger partial charge in [-0.25, -0.2) is 4.39 Å². The SMILES string of the molecule is CC1(C)OB(c2cnn(Cc3c(F)cccc3Cl)c2)OC1(C)C. The minimum absolute atomic E-state index is 0.255. The highest BCUT2D eigenvalue weighted by atomic mass is 35.5. The van der Waals surface area contributed by atoms with E-state index in [1.54, 1.807) is 29.2 Å². The molecular weight excluding hydrogens is 317 g/mol. The summed E-state index contributed by atoms with van der Waals surface area (Å²) in [6.45, 7) is 8.24. The number of rotatable bonds is 3. The van der Waals surface area contributed by atoms with Gasteiger partial charge >= 0.3 is 7.12 Å². The molecule has 1 saturated heterocycles. The van der Waals surface area contributed by atoms with Crippen molar-refractivity contribution in [2.45, 2.75) is 45.4 Å². The monoisotopic (exact) mass is 336 g/mol. The Bertz CT molecular complexity index is 696. The molecule has 0 atom stereocenters. The van der Waals surface area contributed by atoms with E-state index < -0.39 is 18.3 Å². The van der Waals surface area contributed by atoms with Gasteiger partial charge in [0.1, 0.15) is 5.82 Å². The molecule has 2 heterocycles. The van der Waals surface area contributed by atoms with Crippen LogP contribution in [0, 0.1) is 5.82 Å². The number of aromatic nitrogens is 2. The third kappa shape index (κ3) is 3.03. The Balaban J connectivity index is 1.80. The van der Waals surface area contributed by atoms with Crippen molar-refractivity contribution < 1.29 is 13.7 Å². The van der Waals surface area contributed by atoms with Crippen LogP contribution in [0.25, 0.3) is 0 Å². The molecular formula is C16H19BClFN2O2. The lowest BCUT2D eigenvalue weighted by atomic mass is 9.82. The van der Waals surface area contributed by atoms with E-state index in [0.717, 1.165) is 5.46 Å². The zero-order valence-electron chi connectivity index (χ0n) is 13.6. The molecule has 0 radical (unpaired) electrons. The topological polar surface area (TPSA) is 36.3 Å². The number of halogens is 2. The summed E-state index contributed by atoms with van der Waals surface area (Å²) >= 11 is 6.06. The molecule has 1 aliphatic rings. The van der Waals surface area contributed by atoms with Gasteiger partial charge in [-0.1, -0.05) is 17.7 Å². The lowest BCUT2D eigenvalue weighted by Gasteiger charge is -2.32. The maximum Gasteiger partial charge on any atom is 0.498 e. The molecule has 0 N–H and O–H groups in total. The second-order valence-corrected chi connectivity index (χ2v) is 7.17. The molecule has 0 bridgehead atoms. The molecule has 0 aliphatic carbocycles. The fourth-order valence-corrected chi connectivity index (χ4v) is 2.64. The Morgan fingerprint density at radius 3 is 2.48 bits per heavy atom. The van der Waals surface area contributed by atoms with Gasteiger partial charge in [-0.15, -0.1) is 0 Å². The predicted octanol–water partition coefficient (Wildman–Crippen LogP) is 3.02. The van der Waals surface area contributed by atoms with Crippen LogP contribution in [-0.4, -0.2) is 28.1 Å². The highest BCUT2D eigenvalue weighted by molar-refractivity contribution is 6.62. The van der Waals surface area contributed by atoms with E-state index in [0.29, 0.717) is 10.6 Å². The first-order valence-electron chi connectivity index (χ1n) is 7.50. The molecule has 1 aromatic heterocycles. The molecule has 4 nitrogen and oxygen atoms in total. The molecule has 1 aliphatic heterocycles. The first kappa shape index (κ1) is 16.5. The molecule has 0 saturated carbocycles. The smallest absolute Gasteiger partial charge is 0.399 e. The minimum atomic E-state index is -0.482. The van der Waals surface area contributed by atoms with Crippen molar-refractivity contribution >= 4 is 24.2 Å². The predicted molar refractivity (Wildman–Crippen MR) is 88.5 cm³/mol. The van der Waals surface area contributed by atoms with Crippen molar-refractivity contribution in [3.8, 4) is 0 Å². The van der Waals surface area contributed by atoms with Crippen LogP contribution in [0.5, 0.6) is 0 Å². The fraction of sp³-hybridized carbons (Fsp3) is 0.438. The van der Waals surface area contributed by atoms with Crippen LogP contribution >= 0.6 is 11.6 Å². The maximum absolute atomic E-state index is 13.9. The summed E-state index contributed by atoms with van der Waals surface area (Å²) in [5.41, 5.74) is 0.400. The van der Waals surface area contributed by atoms with E-state index in [-0.39, 0.29) is 12.4 Å². The molecule has 1 aromatic carbocycles. The number of hydrogen-bond acceptors (Lipinski definition) is 3. The van der Waals surface area contributed by atoms with Crippen LogP contribution in [-0.2, 0) is 15.9 Å². The summed E-state index contributed by atoms with van der Waals surface area (Å²) in [5.74, 6) is -0.342. The third-order valence-corrected chi connectivity index (χ3v) is 4.91. The van der Waals surface area contributed by atoms with Crippen LogP contribution < -0.4 is 5.46 Å². The van der Waals surface area contributed by atoms with Crippen molar-refractivity contribution in [3.63, 3.8) is 0 Å². The van der Waals surface area contributed by atoms with Gasteiger partial charge in [-0.3, -0.25) is 4.68 Å². The van der Waals surface area contributed by atoms with Crippen molar-refractivity contribution in [1.29, 1.82) is 0 Å². The number of nitrogens with zero attached hydrogens (tertiary/aromatic N) is 2. The van der Waals surface area contributed by atoms with Gasteiger partial charge in [0.25, 0.3) is 0 Å². The van der Waals surface area contributed by atoms with Crippen LogP contribution in [0.2, 0.25) is 5.02 Å². The second kappa shape index (κ2) is 5.62. The van der Waals surface area contributed by atoms with E-state index in [2.05, 4.69) is 5.10 Å². The van der Waals surface area contributed by atoms with E-state index in [4.69, 9.17) is 20.9 Å². The molecule has 7 heteroatoms. The second-order valence-electron chi connectivity index (χ2n) is 6.76. The normalized spacial score (nSPS) is 19.3. The van der Waals surface area contributed by atoms with Crippen molar-refractivity contribution in [2.24, 2.45) is 0 Å². The van der Waals surface area contributed by atoms with Gasteiger partial charge in [-0.05, 0) is 39.8 Å². The Morgan fingerprint density at radius 1 is 1.22 bits per heavy atom. The van der Waals surface area contributed by atoms with Crippen molar-refractivity contribution in [1.82, 2.24) is 9.78 Å². The Hall–Kier alpha value is -1.37. The molecule has 2 aromatic rings. The highest BCUT2D eigenvalue weighted by Crippen LogP contribution is 2.36. The third-order valence-electron chi connectivity index (χ3n) is 4.56. The standard InChI is InChI=1S/C16H19BClFN2O2/c1-15(2)16(3,4)23-17(22-15)11-8-20-21(9-11)10-12-13(18)6-5-7-14(12)19/h5-9H,10H2,1-4H3. The molecule has 122 valence electrons. The number of hydrogen-bond donors (Lipinski definition) is 0. The summed E-state index contributed by atoms with van der Waals surface area (Å²) < 4.78 is 27.5. The Labute approximate surface area is 140 Å². The molecule has 1 fully saturated rings. The van der Waals surface area contributed by atoms with Gasteiger partial charge in [0.15, 0.2) is 0 Å². The average molecular weight is 337 g/mol. The van der Waals surface area contributed by atoms with Gasteiger partial charge in [-0.2, -0.15) is 5.10 Å². The molecule has 0 spiro atoms. The summed E-state index contributed by atoms with van der Waals surface area (Å²) in [6.07, 6.45) is 3.47. The van der Waals surface area contributed by atoms with Gasteiger partial charge in [0.05, 0.1) is 17.7 Å². The first-order valence-corrected chi connectivity index (χ1v) is 7.88. The largest absolute Gasteiger partial charge is 0.498 e. The lowest BCUT2D eigenvalue weighted by molar-refractivity contribution is 0.00578. The van der Waals surface area contributed by atoms with E-state index in [1.807, 2.05) is 27.7 Å². The highest BCUT2D eigenvalue weighted by Gasteiger charge is 2.52. The first-order chi connectivity index (χ1) is 10.7. The molecule has 3 rings (SSSR count). The van der Waals surface area contributed by atoms with Crippen LogP contribution in [0.1, 0.15) is 33.3 Å². The maximum atomic E-state index is 13.9. The summed E-state index contributed by atoms with van der Waals surface area (Å²) in [5, 5.41) is 4.65. The zero-order valence-corrected chi connectivity index (χ0v) is 14.4. The van der Waals surface area contributed by atoms with Gasteiger partial charge in [0.2, 0.25) is 0 Å². The van der Waals surface area contributed by atoms with E-state index >= 15 is 0 Å². The fourth-order valence-electron chi connectivity index (χ4n) is 2.41. The van der Waals surface area contributed by atoms with Crippen molar-refractivity contribution in [2.75, 3.05) is 0 Å². The van der Waals surface area contributed by atoms with Crippen LogP contribution in [0.3, 0.4) is 0 Å². The minimum Gasteiger partial charge on any atom is -0.399 e. The Kier molecular flexibility index (Phi) is 4.03. The van der Waals surface area contributed by atoms with E-state index in [1.165, 1.54) is 6.07 Å². The van der Waals surface area contributed by atoms with Gasteiger partial charge in [0, 0.05) is 28.4 Å². The molecule has 23 heavy (non-hydrogen) atoms. The summed E-state index contributed by atoms with van der Waals surface area (Å²) in [4.78, 5) is 0. The zero-order chi connectivity index (χ0) is 16.8. The molecule has 0 amide bonds. The van der Waals surface area contributed by atoms with E-state index in [9.17, 15) is 4.39 Å².